The fraction of sp³-hybridized carbons (Fsp3) is 0.125. The van der Waals surface area contributed by atoms with E-state index < -0.39 is 0 Å². The Morgan fingerprint density at radius 3 is 2.53 bits per heavy atom. The van der Waals surface area contributed by atoms with Gasteiger partial charge >= 0.3 is 0 Å². The summed E-state index contributed by atoms with van der Waals surface area (Å²) in [7, 11) is 0. The third kappa shape index (κ3) is 3.92. The Balaban J connectivity index is 1.42. The van der Waals surface area contributed by atoms with Crippen LogP contribution in [-0.2, 0) is 0 Å². The maximum Gasteiger partial charge on any atom is 0.291 e. The molecule has 0 radical (unpaired) electrons. The minimum atomic E-state index is -0.308. The van der Waals surface area contributed by atoms with Gasteiger partial charge in [0.1, 0.15) is 27.6 Å². The third-order valence-electron chi connectivity index (χ3n) is 4.80. The average molecular weight is 447 g/mol. The molecule has 0 aliphatic carbocycles. The molecule has 0 bridgehead atoms. The van der Waals surface area contributed by atoms with Crippen LogP contribution in [0.3, 0.4) is 0 Å². The molecule has 0 unspecified atom stereocenters. The van der Waals surface area contributed by atoms with Crippen LogP contribution in [0.1, 0.15) is 19.1 Å². The molecular weight excluding hydrogens is 429 g/mol. The number of benzene rings is 2. The molecule has 3 aromatic heterocycles. The highest BCUT2D eigenvalue weighted by Gasteiger charge is 2.13. The number of thiazole rings is 1. The highest BCUT2D eigenvalue weighted by Crippen LogP contribution is 2.23. The third-order valence-corrected chi connectivity index (χ3v) is 5.76. The minimum Gasteiger partial charge on any atom is -0.494 e. The molecule has 0 aliphatic rings. The largest absolute Gasteiger partial charge is 0.494 e. The van der Waals surface area contributed by atoms with Crippen molar-refractivity contribution in [1.29, 1.82) is 0 Å². The molecule has 8 heteroatoms. The van der Waals surface area contributed by atoms with Gasteiger partial charge in [-0.1, -0.05) is 18.3 Å². The molecule has 0 saturated carbocycles. The molecule has 2 aromatic carbocycles. The monoisotopic (exact) mass is 447 g/mol. The van der Waals surface area contributed by atoms with Crippen molar-refractivity contribution in [3.8, 4) is 28.5 Å². The van der Waals surface area contributed by atoms with Gasteiger partial charge in [-0.2, -0.15) is 9.50 Å². The number of furan rings is 1. The average Bonchev–Trinajstić information content (AvgIpc) is 3.51. The summed E-state index contributed by atoms with van der Waals surface area (Å²) in [6, 6.07) is 17.1. The van der Waals surface area contributed by atoms with E-state index in [0.717, 1.165) is 23.3 Å². The van der Waals surface area contributed by atoms with E-state index in [0.29, 0.717) is 33.4 Å². The van der Waals surface area contributed by atoms with Gasteiger partial charge in [0.2, 0.25) is 4.96 Å². The van der Waals surface area contributed by atoms with Crippen LogP contribution >= 0.6 is 11.3 Å². The van der Waals surface area contributed by atoms with Crippen LogP contribution in [0, 0.1) is 5.82 Å². The second kappa shape index (κ2) is 8.39. The molecule has 0 amide bonds. The Bertz CT molecular complexity index is 1480. The van der Waals surface area contributed by atoms with E-state index in [1.165, 1.54) is 28.0 Å². The predicted molar refractivity (Wildman–Crippen MR) is 121 cm³/mol. The van der Waals surface area contributed by atoms with E-state index in [9.17, 15) is 9.18 Å². The van der Waals surface area contributed by atoms with Gasteiger partial charge < -0.3 is 9.15 Å². The number of aromatic nitrogens is 3. The van der Waals surface area contributed by atoms with Crippen LogP contribution in [0.5, 0.6) is 5.75 Å². The summed E-state index contributed by atoms with van der Waals surface area (Å²) in [4.78, 5) is 17.8. The van der Waals surface area contributed by atoms with E-state index >= 15 is 0 Å². The lowest BCUT2D eigenvalue weighted by molar-refractivity contribution is 0.317. The molecule has 6 nitrogen and oxygen atoms in total. The zero-order chi connectivity index (χ0) is 22.1. The van der Waals surface area contributed by atoms with Crippen LogP contribution in [0.15, 0.2) is 69.9 Å². The van der Waals surface area contributed by atoms with Crippen molar-refractivity contribution >= 4 is 22.4 Å². The zero-order valence-corrected chi connectivity index (χ0v) is 17.9. The first-order valence-corrected chi connectivity index (χ1v) is 10.9. The van der Waals surface area contributed by atoms with E-state index in [4.69, 9.17) is 9.15 Å². The normalized spacial score (nSPS) is 12.0. The van der Waals surface area contributed by atoms with Crippen LogP contribution in [-0.4, -0.2) is 21.2 Å². The Morgan fingerprint density at radius 2 is 1.81 bits per heavy atom. The second-order valence-electron chi connectivity index (χ2n) is 7.13. The van der Waals surface area contributed by atoms with Crippen molar-refractivity contribution in [2.24, 2.45) is 0 Å². The Morgan fingerprint density at radius 1 is 1.06 bits per heavy atom. The number of hydrogen-bond acceptors (Lipinski definition) is 6. The number of rotatable bonds is 6. The summed E-state index contributed by atoms with van der Waals surface area (Å²) < 4.78 is 26.3. The number of fused-ring (bicyclic) bond motifs is 1. The van der Waals surface area contributed by atoms with E-state index in [2.05, 4.69) is 17.0 Å². The molecule has 0 atom stereocenters. The Kier molecular flexibility index (Phi) is 5.28. The first kappa shape index (κ1) is 20.1. The van der Waals surface area contributed by atoms with Gasteiger partial charge in [0.15, 0.2) is 5.82 Å². The summed E-state index contributed by atoms with van der Waals surface area (Å²) in [5.74, 6) is 2.08. The second-order valence-corrected chi connectivity index (χ2v) is 8.14. The highest BCUT2D eigenvalue weighted by molar-refractivity contribution is 7.15. The summed E-state index contributed by atoms with van der Waals surface area (Å²) in [5, 5.41) is 4.37. The first-order valence-electron chi connectivity index (χ1n) is 10.1. The van der Waals surface area contributed by atoms with Gasteiger partial charge in [0.25, 0.3) is 5.56 Å². The van der Waals surface area contributed by atoms with Crippen molar-refractivity contribution in [1.82, 2.24) is 14.6 Å². The predicted octanol–water partition coefficient (Wildman–Crippen LogP) is 4.55. The van der Waals surface area contributed by atoms with Crippen molar-refractivity contribution in [3.05, 3.63) is 87.1 Å². The Hall–Kier alpha value is -3.78. The lowest BCUT2D eigenvalue weighted by Gasteiger charge is -2.04. The Labute approximate surface area is 186 Å². The molecule has 3 heterocycles. The topological polar surface area (TPSA) is 69.6 Å². The SMILES string of the molecule is CCCOc1ccc(-c2nc3sc(=Cc4ccc(-c5ccc(F)cc5)o4)c(=O)n3n2)cc1. The van der Waals surface area contributed by atoms with E-state index in [1.807, 2.05) is 24.3 Å². The van der Waals surface area contributed by atoms with Crippen molar-refractivity contribution in [2.45, 2.75) is 13.3 Å². The zero-order valence-electron chi connectivity index (χ0n) is 17.1. The number of nitrogens with zero attached hydrogens (tertiary/aromatic N) is 3. The molecule has 160 valence electrons. The fourth-order valence-corrected chi connectivity index (χ4v) is 4.09. The lowest BCUT2D eigenvalue weighted by Crippen LogP contribution is -2.23. The number of hydrogen-bond donors (Lipinski definition) is 0. The van der Waals surface area contributed by atoms with Gasteiger partial charge in [-0.3, -0.25) is 4.79 Å². The van der Waals surface area contributed by atoms with Crippen LogP contribution in [0.2, 0.25) is 0 Å². The maximum absolute atomic E-state index is 13.1. The molecule has 0 spiro atoms. The smallest absolute Gasteiger partial charge is 0.291 e. The quantitative estimate of drug-likeness (QED) is 0.382. The molecule has 0 saturated heterocycles. The summed E-state index contributed by atoms with van der Waals surface area (Å²) in [6.45, 7) is 2.72. The van der Waals surface area contributed by atoms with Gasteiger partial charge in [0, 0.05) is 17.2 Å². The highest BCUT2D eigenvalue weighted by atomic mass is 32.1. The summed E-state index contributed by atoms with van der Waals surface area (Å²) in [6.07, 6.45) is 2.60. The van der Waals surface area contributed by atoms with Gasteiger partial charge in [0.05, 0.1) is 6.61 Å². The maximum atomic E-state index is 13.1. The summed E-state index contributed by atoms with van der Waals surface area (Å²) >= 11 is 1.24. The van der Waals surface area contributed by atoms with Crippen molar-refractivity contribution in [2.75, 3.05) is 6.61 Å². The van der Waals surface area contributed by atoms with Gasteiger partial charge in [-0.25, -0.2) is 4.39 Å². The van der Waals surface area contributed by atoms with Crippen molar-refractivity contribution < 1.29 is 13.5 Å². The molecular formula is C24H18FN3O3S. The fourth-order valence-electron chi connectivity index (χ4n) is 3.21. The van der Waals surface area contributed by atoms with E-state index in [-0.39, 0.29) is 11.4 Å². The van der Waals surface area contributed by atoms with Gasteiger partial charge in [-0.15, -0.1) is 5.10 Å². The van der Waals surface area contributed by atoms with Crippen molar-refractivity contribution in [3.63, 3.8) is 0 Å². The summed E-state index contributed by atoms with van der Waals surface area (Å²) in [5.41, 5.74) is 1.31. The standard InChI is InChI=1S/C24H18FN3O3S/c1-2-13-30-18-9-5-16(6-10-18)22-26-24-28(27-22)23(29)21(32-24)14-19-11-12-20(31-19)15-3-7-17(25)8-4-15/h3-12,14H,2,13H2,1H3. The van der Waals surface area contributed by atoms with E-state index in [1.54, 1.807) is 30.3 Å². The number of halogens is 1. The molecule has 0 aliphatic heterocycles. The minimum absolute atomic E-state index is 0.258. The van der Waals surface area contributed by atoms with Crippen LogP contribution < -0.4 is 14.8 Å². The molecule has 5 aromatic rings. The van der Waals surface area contributed by atoms with Crippen LogP contribution in [0.4, 0.5) is 4.39 Å². The lowest BCUT2D eigenvalue weighted by atomic mass is 10.2. The van der Waals surface area contributed by atoms with Crippen LogP contribution in [0.25, 0.3) is 33.7 Å². The van der Waals surface area contributed by atoms with Gasteiger partial charge in [-0.05, 0) is 67.1 Å². The molecule has 5 rings (SSSR count). The number of ether oxygens (including phenoxy) is 1. The first-order chi connectivity index (χ1) is 15.6. The molecule has 0 N–H and O–H groups in total. The molecule has 32 heavy (non-hydrogen) atoms. The molecule has 0 fully saturated rings.